The van der Waals surface area contributed by atoms with E-state index >= 15 is 0 Å². The van der Waals surface area contributed by atoms with Gasteiger partial charge in [-0.25, -0.2) is 4.39 Å². The van der Waals surface area contributed by atoms with Crippen LogP contribution in [0.4, 0.5) is 10.1 Å². The van der Waals surface area contributed by atoms with Gasteiger partial charge < -0.3 is 24.7 Å². The summed E-state index contributed by atoms with van der Waals surface area (Å²) in [6.07, 6.45) is -1.40. The molecular weight excluding hydrogens is 355 g/mol. The quantitative estimate of drug-likeness (QED) is 0.864. The van der Waals surface area contributed by atoms with Crippen molar-refractivity contribution in [2.45, 2.75) is 18.1 Å². The Hall–Kier alpha value is -3.13. The topological polar surface area (TPSA) is 89.4 Å². The number of anilines is 1. The number of aliphatic hydroxyl groups is 1. The molecular formula is C19H17FN2O5. The fourth-order valence-electron chi connectivity index (χ4n) is 3.39. The number of aliphatic hydroxyl groups excluding tert-OH is 1. The number of ether oxygens (including phenoxy) is 2. The second-order valence-electron chi connectivity index (χ2n) is 6.33. The molecule has 0 aliphatic carbocycles. The number of benzene rings is 2. The third-order valence-electron chi connectivity index (χ3n) is 4.86. The van der Waals surface area contributed by atoms with Crippen molar-refractivity contribution in [3.05, 3.63) is 53.3 Å². The van der Waals surface area contributed by atoms with Gasteiger partial charge in [-0.05, 0) is 12.1 Å². The van der Waals surface area contributed by atoms with Gasteiger partial charge in [-0.3, -0.25) is 4.79 Å². The van der Waals surface area contributed by atoms with Crippen LogP contribution < -0.4 is 14.8 Å². The number of fused-ring (bicyclic) bond motifs is 1. The zero-order valence-corrected chi connectivity index (χ0v) is 14.7. The van der Waals surface area contributed by atoms with Crippen LogP contribution in [0.15, 0.2) is 41.6 Å². The maximum atomic E-state index is 14.1. The third-order valence-corrected chi connectivity index (χ3v) is 4.86. The van der Waals surface area contributed by atoms with Gasteiger partial charge in [0.25, 0.3) is 11.5 Å². The molecule has 0 fully saturated rings. The number of hydrogen-bond acceptors (Lipinski definition) is 6. The molecule has 2 aromatic rings. The normalized spacial score (nSPS) is 23.3. The summed E-state index contributed by atoms with van der Waals surface area (Å²) >= 11 is 0. The van der Waals surface area contributed by atoms with Crippen LogP contribution >= 0.6 is 0 Å². The maximum absolute atomic E-state index is 14.1. The summed E-state index contributed by atoms with van der Waals surface area (Å²) in [5, 5.41) is 17.6. The number of oxime groups is 1. The number of carbonyl (C=O) groups is 1. The molecule has 4 rings (SSSR count). The largest absolute Gasteiger partial charge is 0.493 e. The van der Waals surface area contributed by atoms with E-state index in [1.807, 2.05) is 0 Å². The molecule has 7 nitrogen and oxygen atoms in total. The fourth-order valence-corrected chi connectivity index (χ4v) is 3.39. The minimum absolute atomic E-state index is 0.0747. The molecule has 0 saturated carbocycles. The minimum Gasteiger partial charge on any atom is -0.493 e. The molecule has 2 atom stereocenters. The van der Waals surface area contributed by atoms with Crippen LogP contribution in [0.1, 0.15) is 23.7 Å². The predicted octanol–water partition coefficient (Wildman–Crippen LogP) is 2.39. The Labute approximate surface area is 154 Å². The molecule has 2 N–H and O–H groups in total. The smallest absolute Gasteiger partial charge is 0.275 e. The molecule has 0 bridgehead atoms. The lowest BCUT2D eigenvalue weighted by Crippen LogP contribution is -2.51. The van der Waals surface area contributed by atoms with Gasteiger partial charge in [-0.2, -0.15) is 0 Å². The van der Waals surface area contributed by atoms with Gasteiger partial charge in [0.2, 0.25) is 0 Å². The molecule has 1 spiro atoms. The molecule has 0 radical (unpaired) electrons. The van der Waals surface area contributed by atoms with Crippen LogP contribution in [-0.4, -0.2) is 36.5 Å². The highest BCUT2D eigenvalue weighted by Gasteiger charge is 2.56. The van der Waals surface area contributed by atoms with E-state index in [-0.39, 0.29) is 17.7 Å². The summed E-state index contributed by atoms with van der Waals surface area (Å²) in [6.45, 7) is 0. The van der Waals surface area contributed by atoms with Crippen LogP contribution in [0.3, 0.4) is 0 Å². The molecule has 2 aliphatic rings. The highest BCUT2D eigenvalue weighted by Crippen LogP contribution is 2.47. The first-order chi connectivity index (χ1) is 13.0. The van der Waals surface area contributed by atoms with Crippen molar-refractivity contribution in [2.75, 3.05) is 19.5 Å². The van der Waals surface area contributed by atoms with Gasteiger partial charge in [0, 0.05) is 23.6 Å². The second-order valence-corrected chi connectivity index (χ2v) is 6.33. The average molecular weight is 372 g/mol. The van der Waals surface area contributed by atoms with Gasteiger partial charge >= 0.3 is 0 Å². The SMILES string of the molecule is COc1cc2c(cc1OC)[C@@H](O)[C@]1(CC(c3ccccc3F)=NO1)C(=O)N2. The summed E-state index contributed by atoms with van der Waals surface area (Å²) in [7, 11) is 2.95. The Balaban J connectivity index is 1.72. The first-order valence-electron chi connectivity index (χ1n) is 8.25. The van der Waals surface area contributed by atoms with Crippen LogP contribution in [-0.2, 0) is 9.63 Å². The zero-order chi connectivity index (χ0) is 19.2. The number of nitrogens with one attached hydrogen (secondary N) is 1. The zero-order valence-electron chi connectivity index (χ0n) is 14.7. The van der Waals surface area contributed by atoms with Gasteiger partial charge in [0.05, 0.1) is 25.6 Å². The number of carbonyl (C=O) groups excluding carboxylic acids is 1. The number of halogens is 1. The van der Waals surface area contributed by atoms with Gasteiger partial charge in [0.1, 0.15) is 11.9 Å². The van der Waals surface area contributed by atoms with Crippen LogP contribution in [0.25, 0.3) is 0 Å². The van der Waals surface area contributed by atoms with Crippen molar-refractivity contribution in [2.24, 2.45) is 5.16 Å². The molecule has 0 saturated heterocycles. The Morgan fingerprint density at radius 1 is 1.26 bits per heavy atom. The van der Waals surface area contributed by atoms with E-state index in [0.717, 1.165) is 0 Å². The highest BCUT2D eigenvalue weighted by atomic mass is 19.1. The van der Waals surface area contributed by atoms with Crippen molar-refractivity contribution in [3.8, 4) is 11.5 Å². The van der Waals surface area contributed by atoms with Crippen molar-refractivity contribution in [3.63, 3.8) is 0 Å². The molecule has 0 unspecified atom stereocenters. The van der Waals surface area contributed by atoms with Crippen molar-refractivity contribution in [1.29, 1.82) is 0 Å². The fraction of sp³-hybridized carbons (Fsp3) is 0.263. The standard InChI is InChI=1S/C19H17FN2O5/c1-25-15-7-11-13(8-16(15)26-2)21-18(24)19(17(11)23)9-14(22-27-19)10-5-3-4-6-12(10)20/h3-8,17,23H,9H2,1-2H3,(H,21,24)/t17-,19-/m1/s1. The number of hydrogen-bond donors (Lipinski definition) is 2. The predicted molar refractivity (Wildman–Crippen MR) is 94.5 cm³/mol. The van der Waals surface area contributed by atoms with Crippen molar-refractivity contribution < 1.29 is 28.6 Å². The Bertz CT molecular complexity index is 961. The first kappa shape index (κ1) is 17.3. The summed E-state index contributed by atoms with van der Waals surface area (Å²) in [5.74, 6) is -0.232. The van der Waals surface area contributed by atoms with Gasteiger partial charge in [-0.1, -0.05) is 23.4 Å². The van der Waals surface area contributed by atoms with E-state index in [0.29, 0.717) is 22.7 Å². The second kappa shape index (κ2) is 6.24. The molecule has 2 heterocycles. The summed E-state index contributed by atoms with van der Waals surface area (Å²) < 4.78 is 24.6. The van der Waals surface area contributed by atoms with E-state index < -0.39 is 23.4 Å². The molecule has 140 valence electrons. The van der Waals surface area contributed by atoms with Crippen molar-refractivity contribution in [1.82, 2.24) is 0 Å². The number of amides is 1. The molecule has 1 amide bonds. The number of nitrogens with zero attached hydrogens (tertiary/aromatic N) is 1. The lowest BCUT2D eigenvalue weighted by molar-refractivity contribution is -0.156. The van der Waals surface area contributed by atoms with Crippen molar-refractivity contribution >= 4 is 17.3 Å². The van der Waals surface area contributed by atoms with Gasteiger partial charge in [0.15, 0.2) is 11.5 Å². The van der Waals surface area contributed by atoms with E-state index in [2.05, 4.69) is 10.5 Å². The van der Waals surface area contributed by atoms with Crippen LogP contribution in [0.2, 0.25) is 0 Å². The van der Waals surface area contributed by atoms with Crippen LogP contribution in [0, 0.1) is 5.82 Å². The molecule has 27 heavy (non-hydrogen) atoms. The number of rotatable bonds is 3. The summed E-state index contributed by atoms with van der Waals surface area (Å²) in [4.78, 5) is 18.2. The first-order valence-corrected chi connectivity index (χ1v) is 8.25. The van der Waals surface area contributed by atoms with Crippen LogP contribution in [0.5, 0.6) is 11.5 Å². The summed E-state index contributed by atoms with van der Waals surface area (Å²) in [5.41, 5.74) is -0.404. The lowest BCUT2D eigenvalue weighted by atomic mass is 9.81. The Kier molecular flexibility index (Phi) is 4.00. The van der Waals surface area contributed by atoms with E-state index in [1.165, 1.54) is 20.3 Å². The number of methoxy groups -OCH3 is 2. The van der Waals surface area contributed by atoms with Gasteiger partial charge in [-0.15, -0.1) is 0 Å². The molecule has 2 aromatic carbocycles. The monoisotopic (exact) mass is 372 g/mol. The molecule has 8 heteroatoms. The third kappa shape index (κ3) is 2.52. The van der Waals surface area contributed by atoms with E-state index in [4.69, 9.17) is 14.3 Å². The minimum atomic E-state index is -1.68. The molecule has 0 aromatic heterocycles. The average Bonchev–Trinajstić information content (AvgIpc) is 3.12. The maximum Gasteiger partial charge on any atom is 0.275 e. The summed E-state index contributed by atoms with van der Waals surface area (Å²) in [6, 6.07) is 9.21. The molecule has 2 aliphatic heterocycles. The Morgan fingerprint density at radius 3 is 2.67 bits per heavy atom. The van der Waals surface area contributed by atoms with E-state index in [9.17, 15) is 14.3 Å². The highest BCUT2D eigenvalue weighted by molar-refractivity contribution is 6.10. The lowest BCUT2D eigenvalue weighted by Gasteiger charge is -2.36. The Morgan fingerprint density at radius 2 is 1.96 bits per heavy atom. The van der Waals surface area contributed by atoms with E-state index in [1.54, 1.807) is 30.3 Å².